The van der Waals surface area contributed by atoms with E-state index in [0.717, 1.165) is 5.56 Å². The molecule has 1 aromatic rings. The number of rotatable bonds is 6. The molecular formula is C18H25NO3. The molecule has 22 heavy (non-hydrogen) atoms. The van der Waals surface area contributed by atoms with Crippen molar-refractivity contribution >= 4 is 11.9 Å². The highest BCUT2D eigenvalue weighted by molar-refractivity contribution is 5.94. The number of amides is 1. The van der Waals surface area contributed by atoms with Gasteiger partial charge in [0, 0.05) is 19.5 Å². The average molecular weight is 303 g/mol. The summed E-state index contributed by atoms with van der Waals surface area (Å²) in [5.41, 5.74) is 0.935. The van der Waals surface area contributed by atoms with Crippen LogP contribution >= 0.6 is 0 Å². The van der Waals surface area contributed by atoms with E-state index in [-0.39, 0.29) is 12.2 Å². The van der Waals surface area contributed by atoms with E-state index in [1.807, 2.05) is 51.1 Å². The Kier molecular flexibility index (Phi) is 6.35. The molecule has 0 aliphatic heterocycles. The van der Waals surface area contributed by atoms with Crippen LogP contribution in [-0.4, -0.2) is 28.9 Å². The third-order valence-corrected chi connectivity index (χ3v) is 2.95. The molecule has 0 aliphatic rings. The highest BCUT2D eigenvalue weighted by atomic mass is 16.6. The molecule has 0 saturated carbocycles. The lowest BCUT2D eigenvalue weighted by Crippen LogP contribution is -2.37. The van der Waals surface area contributed by atoms with E-state index in [1.54, 1.807) is 11.8 Å². The molecule has 0 aliphatic carbocycles. The predicted molar refractivity (Wildman–Crippen MR) is 87.5 cm³/mol. The van der Waals surface area contributed by atoms with Crippen LogP contribution in [0.1, 0.15) is 39.7 Å². The van der Waals surface area contributed by atoms with Crippen molar-refractivity contribution in [2.24, 2.45) is 0 Å². The number of carbonyl (C=O) groups excluding carboxylic acids is 2. The van der Waals surface area contributed by atoms with Gasteiger partial charge in [0.1, 0.15) is 5.60 Å². The maximum Gasteiger partial charge on any atom is 0.410 e. The van der Waals surface area contributed by atoms with Gasteiger partial charge in [-0.15, -0.1) is 0 Å². The first-order chi connectivity index (χ1) is 10.2. The zero-order valence-electron chi connectivity index (χ0n) is 13.9. The largest absolute Gasteiger partial charge is 0.444 e. The van der Waals surface area contributed by atoms with Gasteiger partial charge in [0.25, 0.3) is 0 Å². The van der Waals surface area contributed by atoms with Gasteiger partial charge < -0.3 is 9.64 Å². The second-order valence-corrected chi connectivity index (χ2v) is 6.34. The Bertz CT molecular complexity index is 529. The van der Waals surface area contributed by atoms with Crippen molar-refractivity contribution in [2.75, 3.05) is 6.54 Å². The van der Waals surface area contributed by atoms with E-state index < -0.39 is 11.7 Å². The molecule has 4 nitrogen and oxygen atoms in total. The third-order valence-electron chi connectivity index (χ3n) is 2.95. The summed E-state index contributed by atoms with van der Waals surface area (Å²) < 4.78 is 5.42. The van der Waals surface area contributed by atoms with Gasteiger partial charge in [0.2, 0.25) is 0 Å². The molecule has 0 heterocycles. The summed E-state index contributed by atoms with van der Waals surface area (Å²) >= 11 is 0. The van der Waals surface area contributed by atoms with Crippen LogP contribution in [-0.2, 0) is 16.1 Å². The van der Waals surface area contributed by atoms with E-state index in [4.69, 9.17) is 4.74 Å². The number of benzene rings is 1. The van der Waals surface area contributed by atoms with Crippen LogP contribution in [0.5, 0.6) is 0 Å². The van der Waals surface area contributed by atoms with Gasteiger partial charge in [-0.25, -0.2) is 4.79 Å². The predicted octanol–water partition coefficient (Wildman–Crippen LogP) is 3.96. The van der Waals surface area contributed by atoms with Gasteiger partial charge in [-0.05, 0) is 38.8 Å². The first-order valence-electron chi connectivity index (χ1n) is 7.39. The highest BCUT2D eigenvalue weighted by Gasteiger charge is 2.22. The molecule has 4 heteroatoms. The van der Waals surface area contributed by atoms with Crippen molar-refractivity contribution in [3.05, 3.63) is 48.0 Å². The number of allylic oxidation sites excluding steroid dienone is 1. The van der Waals surface area contributed by atoms with E-state index in [1.165, 1.54) is 0 Å². The summed E-state index contributed by atoms with van der Waals surface area (Å²) in [6, 6.07) is 9.64. The lowest BCUT2D eigenvalue weighted by Gasteiger charge is -2.27. The number of nitrogens with zero attached hydrogens (tertiary/aromatic N) is 1. The molecule has 1 rings (SSSR count). The minimum absolute atomic E-state index is 0.0402. The number of hydrogen-bond donors (Lipinski definition) is 0. The van der Waals surface area contributed by atoms with Crippen LogP contribution in [0.4, 0.5) is 4.79 Å². The molecule has 0 aromatic heterocycles. The van der Waals surface area contributed by atoms with Crippen LogP contribution in [0, 0.1) is 0 Å². The lowest BCUT2D eigenvalue weighted by atomic mass is 10.1. The van der Waals surface area contributed by atoms with Crippen molar-refractivity contribution in [2.45, 2.75) is 46.3 Å². The lowest BCUT2D eigenvalue weighted by molar-refractivity contribution is -0.115. The summed E-state index contributed by atoms with van der Waals surface area (Å²) in [6.07, 6.45) is -0.160. The highest BCUT2D eigenvalue weighted by Crippen LogP contribution is 2.13. The number of Topliss-reactive ketones (excluding diaryl/α,β-unsaturated/α-hetero) is 1. The summed E-state index contributed by atoms with van der Waals surface area (Å²) in [4.78, 5) is 25.6. The summed E-state index contributed by atoms with van der Waals surface area (Å²) in [6.45, 7) is 11.5. The monoisotopic (exact) mass is 303 g/mol. The number of ketones is 1. The molecule has 0 atom stereocenters. The van der Waals surface area contributed by atoms with Gasteiger partial charge in [-0.2, -0.15) is 0 Å². The third kappa shape index (κ3) is 6.57. The van der Waals surface area contributed by atoms with Gasteiger partial charge >= 0.3 is 6.09 Å². The second-order valence-electron chi connectivity index (χ2n) is 6.34. The van der Waals surface area contributed by atoms with Crippen molar-refractivity contribution in [1.82, 2.24) is 4.90 Å². The normalized spacial score (nSPS) is 10.9. The van der Waals surface area contributed by atoms with E-state index >= 15 is 0 Å². The van der Waals surface area contributed by atoms with Crippen LogP contribution in [0.25, 0.3) is 0 Å². The molecule has 120 valence electrons. The minimum atomic E-state index is -0.565. The fraction of sp³-hybridized carbons (Fsp3) is 0.444. The molecule has 0 radical (unpaired) electrons. The second kappa shape index (κ2) is 7.78. The first kappa shape index (κ1) is 18.0. The van der Waals surface area contributed by atoms with Crippen molar-refractivity contribution in [3.63, 3.8) is 0 Å². The topological polar surface area (TPSA) is 46.6 Å². The molecule has 0 fully saturated rings. The Morgan fingerprint density at radius 2 is 1.77 bits per heavy atom. The van der Waals surface area contributed by atoms with Crippen LogP contribution < -0.4 is 0 Å². The van der Waals surface area contributed by atoms with Crippen molar-refractivity contribution < 1.29 is 14.3 Å². The van der Waals surface area contributed by atoms with E-state index in [9.17, 15) is 9.59 Å². The number of carbonyl (C=O) groups is 2. The van der Waals surface area contributed by atoms with Gasteiger partial charge in [-0.3, -0.25) is 4.79 Å². The average Bonchev–Trinajstić information content (AvgIpc) is 2.42. The summed E-state index contributed by atoms with van der Waals surface area (Å²) in [7, 11) is 0. The molecule has 0 spiro atoms. The van der Waals surface area contributed by atoms with Crippen LogP contribution in [0.15, 0.2) is 42.5 Å². The van der Waals surface area contributed by atoms with Gasteiger partial charge in [0.15, 0.2) is 5.78 Å². The molecule has 1 amide bonds. The number of hydrogen-bond acceptors (Lipinski definition) is 3. The Balaban J connectivity index is 2.78. The molecule has 0 unspecified atom stereocenters. The standard InChI is InChI=1S/C18H25NO3/c1-14(2)16(20)11-12-19(17(21)22-18(3,4)5)13-15-9-7-6-8-10-15/h6-10H,1,11-13H2,2-5H3. The summed E-state index contributed by atoms with van der Waals surface area (Å²) in [5.74, 6) is -0.0402. The Labute approximate surface area is 132 Å². The SMILES string of the molecule is C=C(C)C(=O)CCN(Cc1ccccc1)C(=O)OC(C)(C)C. The van der Waals surface area contributed by atoms with E-state index in [2.05, 4.69) is 6.58 Å². The molecule has 0 N–H and O–H groups in total. The van der Waals surface area contributed by atoms with Gasteiger partial charge in [-0.1, -0.05) is 36.9 Å². The molecule has 0 bridgehead atoms. The van der Waals surface area contributed by atoms with Crippen molar-refractivity contribution in [3.8, 4) is 0 Å². The van der Waals surface area contributed by atoms with Crippen LogP contribution in [0.2, 0.25) is 0 Å². The quantitative estimate of drug-likeness (QED) is 0.747. The van der Waals surface area contributed by atoms with Crippen molar-refractivity contribution in [1.29, 1.82) is 0 Å². The maximum absolute atomic E-state index is 12.3. The minimum Gasteiger partial charge on any atom is -0.444 e. The zero-order chi connectivity index (χ0) is 16.8. The summed E-state index contributed by atoms with van der Waals surface area (Å²) in [5, 5.41) is 0. The number of ether oxygens (including phenoxy) is 1. The Hall–Kier alpha value is -2.10. The fourth-order valence-electron chi connectivity index (χ4n) is 1.82. The Morgan fingerprint density at radius 3 is 2.27 bits per heavy atom. The fourth-order valence-corrected chi connectivity index (χ4v) is 1.82. The zero-order valence-corrected chi connectivity index (χ0v) is 13.9. The maximum atomic E-state index is 12.3. The molecule has 0 saturated heterocycles. The van der Waals surface area contributed by atoms with Crippen LogP contribution in [0.3, 0.4) is 0 Å². The smallest absolute Gasteiger partial charge is 0.410 e. The molecule has 1 aromatic carbocycles. The van der Waals surface area contributed by atoms with E-state index in [0.29, 0.717) is 18.7 Å². The van der Waals surface area contributed by atoms with Gasteiger partial charge in [0.05, 0.1) is 0 Å². The Morgan fingerprint density at radius 1 is 1.18 bits per heavy atom. The molecular weight excluding hydrogens is 278 g/mol. The first-order valence-corrected chi connectivity index (χ1v) is 7.39.